The van der Waals surface area contributed by atoms with Crippen LogP contribution in [0.5, 0.6) is 34.5 Å². The fraction of sp³-hybridized carbons (Fsp3) is 0.417. The van der Waals surface area contributed by atoms with Gasteiger partial charge in [0.1, 0.15) is 29.3 Å². The van der Waals surface area contributed by atoms with Crippen molar-refractivity contribution in [3.8, 4) is 45.8 Å². The number of nitrogens with one attached hydrogen (secondary N) is 2. The quantitative estimate of drug-likeness (QED) is 0.126. The number of carbonyl (C=O) groups is 3. The van der Waals surface area contributed by atoms with Crippen LogP contribution in [0.15, 0.2) is 78.3 Å². The number of methoxy groups -OCH3 is 2. The SMILES string of the molecule is COc1ccc(C2=NN(C3CCN(C(=O)[C@@H](Cc4ccccc4)NC(=O)Oc4c[nH]c5c(-c6c(OCC7CC7)ccc7c6OCO7)ncnc45)CC3)C(=O)[C@H]3CCCC[C@@H]23)cc1OC. The second-order valence-electron chi connectivity index (χ2n) is 17.1. The molecule has 2 aromatic heterocycles. The summed E-state index contributed by atoms with van der Waals surface area (Å²) >= 11 is 0. The van der Waals surface area contributed by atoms with Crippen LogP contribution in [0.1, 0.15) is 62.5 Å². The molecular weight excluding hydrogens is 819 g/mol. The molecule has 3 aromatic carbocycles. The van der Waals surface area contributed by atoms with Crippen molar-refractivity contribution in [2.24, 2.45) is 22.9 Å². The van der Waals surface area contributed by atoms with Gasteiger partial charge in [0.25, 0.3) is 0 Å². The van der Waals surface area contributed by atoms with Crippen LogP contribution in [-0.4, -0.2) is 101 Å². The number of hydrogen-bond acceptors (Lipinski definition) is 12. The highest BCUT2D eigenvalue weighted by atomic mass is 16.7. The number of hydrogen-bond donors (Lipinski definition) is 2. The van der Waals surface area contributed by atoms with E-state index in [-0.39, 0.29) is 48.7 Å². The van der Waals surface area contributed by atoms with Crippen LogP contribution in [0.2, 0.25) is 0 Å². The van der Waals surface area contributed by atoms with E-state index < -0.39 is 12.1 Å². The molecule has 5 aromatic rings. The van der Waals surface area contributed by atoms with Crippen molar-refractivity contribution in [1.82, 2.24) is 30.2 Å². The van der Waals surface area contributed by atoms with E-state index in [9.17, 15) is 14.4 Å². The molecule has 0 radical (unpaired) electrons. The zero-order valence-electron chi connectivity index (χ0n) is 35.9. The first-order chi connectivity index (χ1) is 31.4. The summed E-state index contributed by atoms with van der Waals surface area (Å²) in [6.07, 6.45) is 9.46. The van der Waals surface area contributed by atoms with E-state index in [0.29, 0.717) is 89.5 Å². The number of carbonyl (C=O) groups excluding carboxylic acids is 3. The molecule has 0 unspecified atom stereocenters. The third kappa shape index (κ3) is 8.12. The molecule has 10 rings (SSSR count). The summed E-state index contributed by atoms with van der Waals surface area (Å²) < 4.78 is 34.8. The number of rotatable bonds is 13. The van der Waals surface area contributed by atoms with Crippen molar-refractivity contribution in [3.05, 3.63) is 84.3 Å². The second-order valence-corrected chi connectivity index (χ2v) is 17.1. The van der Waals surface area contributed by atoms with Gasteiger partial charge in [-0.05, 0) is 80.3 Å². The maximum Gasteiger partial charge on any atom is 0.413 e. The van der Waals surface area contributed by atoms with Gasteiger partial charge < -0.3 is 43.6 Å². The minimum atomic E-state index is -0.939. The molecule has 16 nitrogen and oxygen atoms in total. The molecule has 16 heteroatoms. The number of fused-ring (bicyclic) bond motifs is 3. The van der Waals surface area contributed by atoms with Gasteiger partial charge in [0.2, 0.25) is 18.6 Å². The van der Waals surface area contributed by atoms with Crippen LogP contribution in [0, 0.1) is 17.8 Å². The highest BCUT2D eigenvalue weighted by Gasteiger charge is 2.44. The van der Waals surface area contributed by atoms with Crippen molar-refractivity contribution >= 4 is 34.7 Å². The lowest BCUT2D eigenvalue weighted by Gasteiger charge is -2.43. The van der Waals surface area contributed by atoms with Gasteiger partial charge in [-0.25, -0.2) is 19.8 Å². The number of benzene rings is 3. The largest absolute Gasteiger partial charge is 0.493 e. The van der Waals surface area contributed by atoms with Crippen molar-refractivity contribution in [2.75, 3.05) is 40.7 Å². The Balaban J connectivity index is 0.857. The monoisotopic (exact) mass is 869 g/mol. The minimum Gasteiger partial charge on any atom is -0.493 e. The van der Waals surface area contributed by atoms with Crippen LogP contribution in [0.4, 0.5) is 4.79 Å². The minimum absolute atomic E-state index is 0.0267. The van der Waals surface area contributed by atoms with Gasteiger partial charge in [-0.15, -0.1) is 0 Å². The Hall–Kier alpha value is -6.84. The lowest BCUT2D eigenvalue weighted by molar-refractivity contribution is -0.143. The first kappa shape index (κ1) is 41.2. The second kappa shape index (κ2) is 17.7. The van der Waals surface area contributed by atoms with E-state index in [4.69, 9.17) is 33.5 Å². The zero-order chi connectivity index (χ0) is 43.7. The summed E-state index contributed by atoms with van der Waals surface area (Å²) in [5, 5.41) is 9.65. The number of aromatic nitrogens is 3. The normalized spacial score (nSPS) is 20.0. The maximum atomic E-state index is 14.4. The van der Waals surface area contributed by atoms with E-state index in [2.05, 4.69) is 20.3 Å². The molecule has 2 saturated carbocycles. The lowest BCUT2D eigenvalue weighted by atomic mass is 9.73. The molecule has 3 fully saturated rings. The number of amides is 3. The molecule has 0 bridgehead atoms. The summed E-state index contributed by atoms with van der Waals surface area (Å²) in [5.74, 6) is 3.30. The average molecular weight is 870 g/mol. The van der Waals surface area contributed by atoms with Gasteiger partial charge in [-0.1, -0.05) is 43.2 Å². The smallest absolute Gasteiger partial charge is 0.413 e. The molecule has 3 atom stereocenters. The number of hydrazone groups is 1. The standard InChI is InChI=1S/C48H51N7O9/c1-59-35-15-14-30(23-38(35)60-2)41-32-10-6-7-11-33(32)46(56)55(53-41)31-18-20-54(21-19-31)47(57)34(22-28-8-4-3-5-9-28)52-48(58)64-39-24-49-44-42(39)50-26-51-43(44)40-36(61-25-29-12-13-29)16-17-37-45(40)63-27-62-37/h3-5,8-9,14-17,23-24,26,29,31-34,49H,6-7,10-13,18-22,25,27H2,1-2H3,(H,52,58)/t32-,33+,34-/m1/s1. The zero-order valence-corrected chi connectivity index (χ0v) is 35.9. The molecule has 5 aliphatic rings. The average Bonchev–Trinajstić information content (AvgIpc) is 3.89. The predicted octanol–water partition coefficient (Wildman–Crippen LogP) is 6.90. The Labute approximate surface area is 370 Å². The van der Waals surface area contributed by atoms with Crippen molar-refractivity contribution in [1.29, 1.82) is 0 Å². The van der Waals surface area contributed by atoms with Crippen LogP contribution in [0.25, 0.3) is 22.3 Å². The Morgan fingerprint density at radius 1 is 0.875 bits per heavy atom. The molecule has 332 valence electrons. The molecule has 2 N–H and O–H groups in total. The Bertz CT molecular complexity index is 2590. The molecule has 5 heterocycles. The highest BCUT2D eigenvalue weighted by Crippen LogP contribution is 2.49. The molecule has 2 aliphatic carbocycles. The number of ether oxygens (including phenoxy) is 6. The third-order valence-corrected chi connectivity index (χ3v) is 13.1. The summed E-state index contributed by atoms with van der Waals surface area (Å²) in [6, 6.07) is 17.9. The summed E-state index contributed by atoms with van der Waals surface area (Å²) in [7, 11) is 3.22. The van der Waals surface area contributed by atoms with Gasteiger partial charge in [-0.3, -0.25) is 9.59 Å². The fourth-order valence-electron chi connectivity index (χ4n) is 9.54. The number of nitrogens with zero attached hydrogens (tertiary/aromatic N) is 5. The van der Waals surface area contributed by atoms with Crippen LogP contribution in [-0.2, 0) is 16.0 Å². The molecule has 3 aliphatic heterocycles. The van der Waals surface area contributed by atoms with Crippen LogP contribution in [0.3, 0.4) is 0 Å². The van der Waals surface area contributed by atoms with Crippen molar-refractivity contribution in [2.45, 2.75) is 69.9 Å². The van der Waals surface area contributed by atoms with Crippen molar-refractivity contribution < 1.29 is 42.8 Å². The first-order valence-corrected chi connectivity index (χ1v) is 22.2. The Morgan fingerprint density at radius 2 is 1.66 bits per heavy atom. The van der Waals surface area contributed by atoms with E-state index in [0.717, 1.165) is 55.4 Å². The Kier molecular flexibility index (Phi) is 11.4. The number of aromatic amines is 1. The molecule has 0 spiro atoms. The fourth-order valence-corrected chi connectivity index (χ4v) is 9.54. The summed E-state index contributed by atoms with van der Waals surface area (Å²) in [4.78, 5) is 56.4. The highest BCUT2D eigenvalue weighted by molar-refractivity contribution is 6.07. The van der Waals surface area contributed by atoms with Crippen molar-refractivity contribution in [3.63, 3.8) is 0 Å². The van der Waals surface area contributed by atoms with Gasteiger partial charge in [-0.2, -0.15) is 5.10 Å². The summed E-state index contributed by atoms with van der Waals surface area (Å²) in [6.45, 7) is 1.42. The molecular formula is C48H51N7O9. The number of likely N-dealkylation sites (tertiary alicyclic amines) is 1. The Morgan fingerprint density at radius 3 is 2.44 bits per heavy atom. The maximum absolute atomic E-state index is 14.4. The number of piperidine rings is 1. The molecule has 64 heavy (non-hydrogen) atoms. The predicted molar refractivity (Wildman–Crippen MR) is 235 cm³/mol. The van der Waals surface area contributed by atoms with Gasteiger partial charge >= 0.3 is 6.09 Å². The van der Waals surface area contributed by atoms with E-state index in [1.54, 1.807) is 30.3 Å². The van der Waals surface area contributed by atoms with Gasteiger partial charge in [0.05, 0.1) is 43.7 Å². The topological polar surface area (TPSA) is 179 Å². The van der Waals surface area contributed by atoms with E-state index in [1.807, 2.05) is 60.7 Å². The summed E-state index contributed by atoms with van der Waals surface area (Å²) in [5.41, 5.74) is 4.67. The van der Waals surface area contributed by atoms with E-state index >= 15 is 0 Å². The van der Waals surface area contributed by atoms with Gasteiger partial charge in [0.15, 0.2) is 28.7 Å². The number of H-pyrrole nitrogens is 1. The lowest BCUT2D eigenvalue weighted by Crippen LogP contribution is -2.56. The third-order valence-electron chi connectivity index (χ3n) is 13.1. The molecule has 3 amide bonds. The van der Waals surface area contributed by atoms with Crippen LogP contribution < -0.4 is 33.7 Å². The van der Waals surface area contributed by atoms with Crippen LogP contribution >= 0.6 is 0 Å². The van der Waals surface area contributed by atoms with E-state index in [1.165, 1.54) is 6.33 Å². The first-order valence-electron chi connectivity index (χ1n) is 22.2. The molecule has 1 saturated heterocycles. The van der Waals surface area contributed by atoms with Gasteiger partial charge in [0, 0.05) is 43.1 Å².